The minimum atomic E-state index is -0.150. The lowest BCUT2D eigenvalue weighted by atomic mass is 10.1. The van der Waals surface area contributed by atoms with Crippen LogP contribution in [0.5, 0.6) is 0 Å². The van der Waals surface area contributed by atoms with Crippen molar-refractivity contribution in [1.29, 1.82) is 0 Å². The highest BCUT2D eigenvalue weighted by molar-refractivity contribution is 6.35. The molecule has 6 heteroatoms. The number of nitrogens with one attached hydrogen (secondary N) is 1. The van der Waals surface area contributed by atoms with Crippen LogP contribution >= 0.6 is 34.8 Å². The van der Waals surface area contributed by atoms with E-state index < -0.39 is 0 Å². The van der Waals surface area contributed by atoms with E-state index in [1.165, 1.54) is 0 Å². The molecule has 3 N–H and O–H groups in total. The van der Waals surface area contributed by atoms with Crippen LogP contribution in [-0.4, -0.2) is 12.5 Å². The number of amides is 1. The molecule has 0 fully saturated rings. The van der Waals surface area contributed by atoms with Gasteiger partial charge in [-0.05, 0) is 31.2 Å². The quantitative estimate of drug-likeness (QED) is 0.836. The average Bonchev–Trinajstić information content (AvgIpc) is 2.49. The van der Waals surface area contributed by atoms with Crippen LogP contribution in [0.4, 0.5) is 5.69 Å². The molecule has 0 radical (unpaired) electrons. The number of hydrogen-bond acceptors (Lipinski definition) is 1. The van der Waals surface area contributed by atoms with Crippen molar-refractivity contribution in [3.8, 4) is 0 Å². The fourth-order valence-corrected chi connectivity index (χ4v) is 2.69. The normalized spacial score (nSPS) is 12.0. The summed E-state index contributed by atoms with van der Waals surface area (Å²) in [4.78, 5) is 12.0. The molecule has 0 saturated heterocycles. The smallest absolute Gasteiger partial charge is 0.279 e. The summed E-state index contributed by atoms with van der Waals surface area (Å²) in [5.74, 6) is -0.150. The number of halogens is 3. The molecule has 0 aliphatic rings. The summed E-state index contributed by atoms with van der Waals surface area (Å²) in [6, 6.07) is 12.6. The van der Waals surface area contributed by atoms with Crippen LogP contribution in [0.3, 0.4) is 0 Å². The van der Waals surface area contributed by atoms with Crippen LogP contribution < -0.4 is 10.6 Å². The van der Waals surface area contributed by atoms with Crippen molar-refractivity contribution in [2.45, 2.75) is 13.0 Å². The number of anilines is 1. The van der Waals surface area contributed by atoms with Crippen molar-refractivity contribution in [2.75, 3.05) is 11.9 Å². The maximum absolute atomic E-state index is 12.0. The zero-order valence-corrected chi connectivity index (χ0v) is 14.2. The zero-order chi connectivity index (χ0) is 16.1. The standard InChI is InChI=1S/C16H15Cl3N2O/c1-10(12-4-2-3-5-13(12)18)20-9-16(22)21-15-8-11(17)6-7-14(15)19/h2-8,10,20H,9H2,1H3,(H,21,22)/p+1/t10-/m0/s1. The Morgan fingerprint density at radius 3 is 2.59 bits per heavy atom. The number of carbonyl (C=O) groups excluding carboxylic acids is 1. The van der Waals surface area contributed by atoms with E-state index in [1.54, 1.807) is 18.2 Å². The summed E-state index contributed by atoms with van der Waals surface area (Å²) in [5, 5.41) is 6.34. The van der Waals surface area contributed by atoms with Gasteiger partial charge in [-0.2, -0.15) is 0 Å². The Kier molecular flexibility index (Phi) is 6.09. The maximum Gasteiger partial charge on any atom is 0.279 e. The van der Waals surface area contributed by atoms with Gasteiger partial charge in [-0.1, -0.05) is 53.0 Å². The molecule has 116 valence electrons. The first kappa shape index (κ1) is 17.1. The number of nitrogens with two attached hydrogens (primary N) is 1. The summed E-state index contributed by atoms with van der Waals surface area (Å²) >= 11 is 18.1. The van der Waals surface area contributed by atoms with Gasteiger partial charge in [0, 0.05) is 15.6 Å². The molecule has 3 nitrogen and oxygen atoms in total. The fraction of sp³-hybridized carbons (Fsp3) is 0.188. The van der Waals surface area contributed by atoms with E-state index in [0.29, 0.717) is 20.8 Å². The van der Waals surface area contributed by atoms with Gasteiger partial charge in [0.1, 0.15) is 6.04 Å². The number of hydrogen-bond donors (Lipinski definition) is 2. The second-order valence-electron chi connectivity index (χ2n) is 4.92. The maximum atomic E-state index is 12.0. The molecule has 0 aromatic heterocycles. The summed E-state index contributed by atoms with van der Waals surface area (Å²) in [6.07, 6.45) is 0. The third-order valence-corrected chi connectivity index (χ3v) is 4.16. The fourth-order valence-electron chi connectivity index (χ4n) is 2.05. The Bertz CT molecular complexity index is 676. The topological polar surface area (TPSA) is 45.7 Å². The summed E-state index contributed by atoms with van der Waals surface area (Å²) < 4.78 is 0. The Hall–Kier alpha value is -1.26. The van der Waals surface area contributed by atoms with Gasteiger partial charge < -0.3 is 10.6 Å². The van der Waals surface area contributed by atoms with Crippen LogP contribution in [0.25, 0.3) is 0 Å². The Balaban J connectivity index is 1.93. The average molecular weight is 359 g/mol. The third-order valence-electron chi connectivity index (χ3n) is 3.26. The minimum absolute atomic E-state index is 0.0780. The van der Waals surface area contributed by atoms with Crippen molar-refractivity contribution in [3.63, 3.8) is 0 Å². The first-order valence-electron chi connectivity index (χ1n) is 6.80. The predicted molar refractivity (Wildman–Crippen MR) is 91.8 cm³/mol. The second-order valence-corrected chi connectivity index (χ2v) is 6.17. The second kappa shape index (κ2) is 7.84. The van der Waals surface area contributed by atoms with Gasteiger partial charge in [0.2, 0.25) is 0 Å². The van der Waals surface area contributed by atoms with Crippen LogP contribution in [-0.2, 0) is 4.79 Å². The Morgan fingerprint density at radius 1 is 1.14 bits per heavy atom. The number of rotatable bonds is 5. The molecule has 1 atom stereocenters. The van der Waals surface area contributed by atoms with Crippen molar-refractivity contribution in [3.05, 3.63) is 63.1 Å². The van der Waals surface area contributed by atoms with Crippen molar-refractivity contribution < 1.29 is 10.1 Å². The van der Waals surface area contributed by atoms with Gasteiger partial charge in [-0.15, -0.1) is 0 Å². The Morgan fingerprint density at radius 2 is 1.86 bits per heavy atom. The zero-order valence-electron chi connectivity index (χ0n) is 11.9. The van der Waals surface area contributed by atoms with Crippen LogP contribution in [0.15, 0.2) is 42.5 Å². The molecule has 0 spiro atoms. The molecule has 0 heterocycles. The van der Waals surface area contributed by atoms with Gasteiger partial charge in [-0.3, -0.25) is 4.79 Å². The lowest BCUT2D eigenvalue weighted by Gasteiger charge is -2.13. The van der Waals surface area contributed by atoms with Crippen LogP contribution in [0.2, 0.25) is 15.1 Å². The molecule has 1 amide bonds. The summed E-state index contributed by atoms with van der Waals surface area (Å²) in [6.45, 7) is 2.26. The highest BCUT2D eigenvalue weighted by Crippen LogP contribution is 2.25. The van der Waals surface area contributed by atoms with E-state index in [1.807, 2.05) is 36.5 Å². The molecule has 2 rings (SSSR count). The molecule has 0 bridgehead atoms. The van der Waals surface area contributed by atoms with Crippen molar-refractivity contribution >= 4 is 46.4 Å². The molecule has 0 aliphatic carbocycles. The van der Waals surface area contributed by atoms with Crippen LogP contribution in [0.1, 0.15) is 18.5 Å². The van der Waals surface area contributed by atoms with Crippen molar-refractivity contribution in [1.82, 2.24) is 0 Å². The molecular weight excluding hydrogens is 343 g/mol. The van der Waals surface area contributed by atoms with E-state index in [0.717, 1.165) is 5.56 Å². The molecule has 2 aromatic carbocycles. The van der Waals surface area contributed by atoms with Gasteiger partial charge in [0.05, 0.1) is 10.7 Å². The number of benzene rings is 2. The predicted octanol–water partition coefficient (Wildman–Crippen LogP) is 3.91. The van der Waals surface area contributed by atoms with Gasteiger partial charge in [0.15, 0.2) is 6.54 Å². The van der Waals surface area contributed by atoms with E-state index in [-0.39, 0.29) is 18.5 Å². The van der Waals surface area contributed by atoms with E-state index in [4.69, 9.17) is 34.8 Å². The van der Waals surface area contributed by atoms with Gasteiger partial charge in [0.25, 0.3) is 5.91 Å². The van der Waals surface area contributed by atoms with E-state index >= 15 is 0 Å². The lowest BCUT2D eigenvalue weighted by molar-refractivity contribution is -0.682. The summed E-state index contributed by atoms with van der Waals surface area (Å²) in [7, 11) is 0. The molecule has 0 saturated carbocycles. The number of quaternary nitrogens is 1. The van der Waals surface area contributed by atoms with Crippen molar-refractivity contribution in [2.24, 2.45) is 0 Å². The number of carbonyl (C=O) groups is 1. The highest BCUT2D eigenvalue weighted by Gasteiger charge is 2.14. The van der Waals surface area contributed by atoms with Gasteiger partial charge in [-0.25, -0.2) is 0 Å². The third kappa shape index (κ3) is 4.62. The van der Waals surface area contributed by atoms with Crippen LogP contribution in [0, 0.1) is 0 Å². The molecule has 0 unspecified atom stereocenters. The SMILES string of the molecule is C[C@H]([NH2+]CC(=O)Nc1cc(Cl)ccc1Cl)c1ccccc1Cl. The Labute approximate surface area is 144 Å². The molecule has 0 aliphatic heterocycles. The van der Waals surface area contributed by atoms with E-state index in [2.05, 4.69) is 5.32 Å². The minimum Gasteiger partial charge on any atom is -0.332 e. The first-order chi connectivity index (χ1) is 10.5. The molecule has 22 heavy (non-hydrogen) atoms. The lowest BCUT2D eigenvalue weighted by Crippen LogP contribution is -2.86. The monoisotopic (exact) mass is 357 g/mol. The van der Waals surface area contributed by atoms with Gasteiger partial charge >= 0.3 is 0 Å². The molecule has 2 aromatic rings. The van der Waals surface area contributed by atoms with E-state index in [9.17, 15) is 4.79 Å². The largest absolute Gasteiger partial charge is 0.332 e. The first-order valence-corrected chi connectivity index (χ1v) is 7.93. The molecular formula is C16H16Cl3N2O+. The summed E-state index contributed by atoms with van der Waals surface area (Å²) in [5.41, 5.74) is 1.51. The highest BCUT2D eigenvalue weighted by atomic mass is 35.5.